The summed E-state index contributed by atoms with van der Waals surface area (Å²) in [5, 5.41) is 3.58. The quantitative estimate of drug-likeness (QED) is 0.585. The molecule has 0 aliphatic carbocycles. The van der Waals surface area contributed by atoms with E-state index in [9.17, 15) is 4.79 Å². The fourth-order valence-corrected chi connectivity index (χ4v) is 1.08. The summed E-state index contributed by atoms with van der Waals surface area (Å²) in [5.41, 5.74) is 4.85. The molecule has 71 valence electrons. The van der Waals surface area contributed by atoms with Crippen molar-refractivity contribution in [2.45, 2.75) is 45.4 Å². The Kier molecular flexibility index (Phi) is 7.86. The number of hydrogen-bond acceptors (Lipinski definition) is 1. The molecule has 0 unspecified atom stereocenters. The molecule has 0 bridgehead atoms. The van der Waals surface area contributed by atoms with E-state index in [1.807, 2.05) is 0 Å². The second kappa shape index (κ2) is 8.37. The Morgan fingerprint density at radius 1 is 1.17 bits per heavy atom. The molecule has 0 rings (SSSR count). The minimum atomic E-state index is -0.538. The molecule has 0 aliphatic rings. The normalized spacial score (nSPS) is 9.75. The van der Waals surface area contributed by atoms with Crippen LogP contribution in [0.5, 0.6) is 0 Å². The Morgan fingerprint density at radius 2 is 1.75 bits per heavy atom. The summed E-state index contributed by atoms with van der Waals surface area (Å²) in [5.74, 6) is 0. The number of rotatable bonds is 7. The van der Waals surface area contributed by atoms with Gasteiger partial charge in [-0.05, 0) is 6.42 Å². The van der Waals surface area contributed by atoms with E-state index in [2.05, 4.69) is 12.2 Å². The van der Waals surface area contributed by atoms with Crippen LogP contribution in [-0.4, -0.2) is 12.6 Å². The lowest BCUT2D eigenvalue weighted by Gasteiger charge is -1.99. The first-order valence-corrected chi connectivity index (χ1v) is 4.74. The first kappa shape index (κ1) is 11.3. The monoisotopic (exact) mass is 171 g/mol. The highest BCUT2D eigenvalue weighted by molar-refractivity contribution is 5.71. The van der Waals surface area contributed by atoms with Crippen LogP contribution in [0, 0.1) is 0 Å². The van der Waals surface area contributed by atoms with Gasteiger partial charge in [-0.15, -0.1) is 0 Å². The molecule has 0 fully saturated rings. The van der Waals surface area contributed by atoms with E-state index in [4.69, 9.17) is 5.73 Å². The van der Waals surface area contributed by atoms with Crippen molar-refractivity contribution in [1.82, 2.24) is 5.32 Å². The van der Waals surface area contributed by atoms with E-state index in [0.717, 1.165) is 12.8 Å². The number of carbonyl (C=O) groups excluding carboxylic acids is 1. The Bertz CT molecular complexity index is 115. The van der Waals surface area contributed by atoms with Crippen LogP contribution < -0.4 is 11.1 Å². The molecule has 2 amide bonds. The van der Waals surface area contributed by atoms with Crippen LogP contribution in [-0.2, 0) is 0 Å². The molecule has 3 nitrogen and oxygen atoms in total. The maximum atomic E-state index is 10.2. The van der Waals surface area contributed by atoms with Crippen LogP contribution >= 0.6 is 0 Å². The molecule has 3 heteroatoms. The molecule has 0 heterocycles. The summed E-state index contributed by atoms with van der Waals surface area (Å²) in [7, 11) is 0. The Morgan fingerprint density at radius 3 is 2.33 bits per heavy atom. The number of amides is 2. The number of unbranched alkanes of at least 4 members (excludes halogenated alkanes) is 5. The first-order valence-electron chi connectivity index (χ1n) is 4.74. The zero-order chi connectivity index (χ0) is 9.23. The van der Waals surface area contributed by atoms with E-state index in [1.54, 1.807) is 0 Å². The molecule has 0 aromatic heterocycles. The highest BCUT2D eigenvalue weighted by Gasteiger charge is 1.93. The predicted molar refractivity (Wildman–Crippen MR) is 50.0 cm³/mol. The predicted octanol–water partition coefficient (Wildman–Crippen LogP) is 2.03. The van der Waals surface area contributed by atoms with Gasteiger partial charge < -0.3 is 5.73 Å². The molecular formula is C9H19N2O. The molecule has 12 heavy (non-hydrogen) atoms. The second-order valence-corrected chi connectivity index (χ2v) is 2.99. The lowest BCUT2D eigenvalue weighted by molar-refractivity contribution is 0.248. The van der Waals surface area contributed by atoms with Crippen LogP contribution in [0.4, 0.5) is 4.79 Å². The van der Waals surface area contributed by atoms with E-state index in [-0.39, 0.29) is 0 Å². The average Bonchev–Trinajstić information content (AvgIpc) is 2.02. The van der Waals surface area contributed by atoms with E-state index < -0.39 is 6.03 Å². The first-order chi connectivity index (χ1) is 5.77. The molecular weight excluding hydrogens is 152 g/mol. The minimum Gasteiger partial charge on any atom is -0.350 e. The lowest BCUT2D eigenvalue weighted by atomic mass is 10.1. The van der Waals surface area contributed by atoms with Gasteiger partial charge in [0.1, 0.15) is 0 Å². The zero-order valence-corrected chi connectivity index (χ0v) is 7.88. The van der Waals surface area contributed by atoms with Crippen molar-refractivity contribution >= 4 is 6.03 Å². The maximum absolute atomic E-state index is 10.2. The van der Waals surface area contributed by atoms with Crippen molar-refractivity contribution in [1.29, 1.82) is 0 Å². The van der Waals surface area contributed by atoms with Gasteiger partial charge in [-0.3, -0.25) is 0 Å². The Labute approximate surface area is 74.7 Å². The summed E-state index contributed by atoms with van der Waals surface area (Å²) in [6.45, 7) is 2.80. The highest BCUT2D eigenvalue weighted by Crippen LogP contribution is 2.03. The minimum absolute atomic E-state index is 0.538. The largest absolute Gasteiger partial charge is 0.350 e. The molecule has 0 atom stereocenters. The van der Waals surface area contributed by atoms with Crippen molar-refractivity contribution < 1.29 is 4.79 Å². The van der Waals surface area contributed by atoms with Crippen molar-refractivity contribution in [2.24, 2.45) is 5.73 Å². The Balaban J connectivity index is 2.86. The van der Waals surface area contributed by atoms with Crippen molar-refractivity contribution in [3.05, 3.63) is 0 Å². The molecule has 0 spiro atoms. The molecule has 0 saturated heterocycles. The van der Waals surface area contributed by atoms with Crippen molar-refractivity contribution in [3.8, 4) is 0 Å². The van der Waals surface area contributed by atoms with Gasteiger partial charge in [0.2, 0.25) is 0 Å². The molecule has 2 N–H and O–H groups in total. The molecule has 0 aromatic rings. The van der Waals surface area contributed by atoms with Gasteiger partial charge in [0.25, 0.3) is 0 Å². The third-order valence-electron chi connectivity index (χ3n) is 1.78. The van der Waals surface area contributed by atoms with E-state index in [0.29, 0.717) is 6.54 Å². The van der Waals surface area contributed by atoms with Gasteiger partial charge in [0.15, 0.2) is 0 Å². The zero-order valence-electron chi connectivity index (χ0n) is 7.88. The highest BCUT2D eigenvalue weighted by atomic mass is 16.2. The number of nitrogens with two attached hydrogens (primary N) is 1. The number of nitrogens with zero attached hydrogens (tertiary/aromatic N) is 1. The summed E-state index contributed by atoms with van der Waals surface area (Å²) in [6, 6.07) is -0.538. The summed E-state index contributed by atoms with van der Waals surface area (Å²) >= 11 is 0. The fourth-order valence-electron chi connectivity index (χ4n) is 1.08. The van der Waals surface area contributed by atoms with Crippen molar-refractivity contribution in [3.63, 3.8) is 0 Å². The SMILES string of the molecule is CCCCCCCC[N]C(N)=O. The van der Waals surface area contributed by atoms with E-state index >= 15 is 0 Å². The third-order valence-corrected chi connectivity index (χ3v) is 1.78. The van der Waals surface area contributed by atoms with Gasteiger partial charge in [-0.1, -0.05) is 39.0 Å². The number of hydrogen-bond donors (Lipinski definition) is 1. The van der Waals surface area contributed by atoms with E-state index in [1.165, 1.54) is 25.7 Å². The molecule has 0 aliphatic heterocycles. The third kappa shape index (κ3) is 9.27. The lowest BCUT2D eigenvalue weighted by Crippen LogP contribution is -2.23. The van der Waals surface area contributed by atoms with Gasteiger partial charge >= 0.3 is 6.03 Å². The molecule has 0 saturated carbocycles. The van der Waals surface area contributed by atoms with Crippen LogP contribution in [0.25, 0.3) is 0 Å². The smallest absolute Gasteiger partial charge is 0.333 e. The second-order valence-electron chi connectivity index (χ2n) is 2.99. The van der Waals surface area contributed by atoms with Gasteiger partial charge in [-0.2, -0.15) is 0 Å². The van der Waals surface area contributed by atoms with Gasteiger partial charge in [0, 0.05) is 6.54 Å². The van der Waals surface area contributed by atoms with Crippen LogP contribution in [0.1, 0.15) is 45.4 Å². The van der Waals surface area contributed by atoms with Crippen LogP contribution in [0.2, 0.25) is 0 Å². The maximum Gasteiger partial charge on any atom is 0.333 e. The fraction of sp³-hybridized carbons (Fsp3) is 0.889. The van der Waals surface area contributed by atoms with Gasteiger partial charge in [0.05, 0.1) is 0 Å². The standard InChI is InChI=1S/C9H19N2O/c1-2-3-4-5-6-7-8-11-9(10)12/h2-8H2,1H3,(H2,10,12). The Hall–Kier alpha value is -0.730. The van der Waals surface area contributed by atoms with Crippen LogP contribution in [0.3, 0.4) is 0 Å². The average molecular weight is 171 g/mol. The summed E-state index contributed by atoms with van der Waals surface area (Å²) < 4.78 is 0. The molecule has 0 aromatic carbocycles. The van der Waals surface area contributed by atoms with Crippen LogP contribution in [0.15, 0.2) is 0 Å². The summed E-state index contributed by atoms with van der Waals surface area (Å²) in [4.78, 5) is 10.2. The van der Waals surface area contributed by atoms with Gasteiger partial charge in [-0.25, -0.2) is 10.1 Å². The van der Waals surface area contributed by atoms with Crippen molar-refractivity contribution in [2.75, 3.05) is 6.54 Å². The number of carbonyl (C=O) groups is 1. The number of primary amides is 1. The summed E-state index contributed by atoms with van der Waals surface area (Å²) in [6.07, 6.45) is 7.29. The number of urea groups is 1. The topological polar surface area (TPSA) is 57.2 Å². The molecule has 1 radical (unpaired) electrons.